The minimum absolute atomic E-state index is 0.107. The Bertz CT molecular complexity index is 355. The number of aromatic nitrogens is 1. The fourth-order valence-corrected chi connectivity index (χ4v) is 1.55. The molecule has 0 radical (unpaired) electrons. The molecule has 6 heteroatoms. The van der Waals surface area contributed by atoms with Gasteiger partial charge in [0.15, 0.2) is 5.82 Å². The van der Waals surface area contributed by atoms with Crippen LogP contribution in [0.4, 0.5) is 5.82 Å². The second-order valence-electron chi connectivity index (χ2n) is 3.64. The Kier molecular flexibility index (Phi) is 2.59. The van der Waals surface area contributed by atoms with Crippen molar-refractivity contribution in [1.29, 1.82) is 0 Å². The van der Waals surface area contributed by atoms with Crippen LogP contribution in [0.15, 0.2) is 10.6 Å². The van der Waals surface area contributed by atoms with Crippen LogP contribution in [0.5, 0.6) is 0 Å². The van der Waals surface area contributed by atoms with Gasteiger partial charge >= 0.3 is 5.97 Å². The van der Waals surface area contributed by atoms with Gasteiger partial charge in [-0.3, -0.25) is 0 Å². The number of hydrogen-bond acceptors (Lipinski definition) is 5. The van der Waals surface area contributed by atoms with Crippen LogP contribution in [0.25, 0.3) is 0 Å². The lowest BCUT2D eigenvalue weighted by Gasteiger charge is -2.31. The van der Waals surface area contributed by atoms with Gasteiger partial charge in [0.25, 0.3) is 0 Å². The Morgan fingerprint density at radius 2 is 2.13 bits per heavy atom. The molecule has 82 valence electrons. The number of aromatic carboxylic acids is 1. The first-order valence-electron chi connectivity index (χ1n) is 4.80. The molecule has 1 aliphatic heterocycles. The van der Waals surface area contributed by atoms with Gasteiger partial charge in [-0.15, -0.1) is 0 Å². The average Bonchev–Trinajstić information content (AvgIpc) is 2.68. The van der Waals surface area contributed by atoms with E-state index >= 15 is 0 Å². The molecule has 2 heterocycles. The number of likely N-dealkylation sites (N-methyl/N-ethyl adjacent to an activating group) is 1. The summed E-state index contributed by atoms with van der Waals surface area (Å²) in [5.74, 6) is -0.577. The molecule has 0 aliphatic carbocycles. The largest absolute Gasteiger partial charge is 0.475 e. The highest BCUT2D eigenvalue weighted by molar-refractivity contribution is 5.85. The third kappa shape index (κ3) is 2.10. The maximum Gasteiger partial charge on any atom is 0.374 e. The first kappa shape index (κ1) is 9.97. The van der Waals surface area contributed by atoms with E-state index in [1.54, 1.807) is 0 Å². The van der Waals surface area contributed by atoms with E-state index in [4.69, 9.17) is 9.63 Å². The van der Waals surface area contributed by atoms with Gasteiger partial charge in [-0.1, -0.05) is 5.16 Å². The van der Waals surface area contributed by atoms with Crippen molar-refractivity contribution < 1.29 is 14.4 Å². The summed E-state index contributed by atoms with van der Waals surface area (Å²) in [6, 6.07) is 1.47. The van der Waals surface area contributed by atoms with Crippen molar-refractivity contribution in [3.8, 4) is 0 Å². The van der Waals surface area contributed by atoms with E-state index in [0.29, 0.717) is 5.82 Å². The molecule has 6 nitrogen and oxygen atoms in total. The summed E-state index contributed by atoms with van der Waals surface area (Å²) in [5.41, 5.74) is 0. The summed E-state index contributed by atoms with van der Waals surface area (Å²) >= 11 is 0. The maximum atomic E-state index is 10.6. The Morgan fingerprint density at radius 1 is 1.47 bits per heavy atom. The summed E-state index contributed by atoms with van der Waals surface area (Å²) in [6.45, 7) is 3.61. The highest BCUT2D eigenvalue weighted by atomic mass is 16.5. The van der Waals surface area contributed by atoms with Crippen molar-refractivity contribution in [2.75, 3.05) is 38.1 Å². The minimum Gasteiger partial charge on any atom is -0.475 e. The molecule has 1 aromatic rings. The topological polar surface area (TPSA) is 69.8 Å². The number of carbonyl (C=O) groups is 1. The zero-order valence-electron chi connectivity index (χ0n) is 8.51. The van der Waals surface area contributed by atoms with E-state index in [1.165, 1.54) is 6.07 Å². The zero-order valence-corrected chi connectivity index (χ0v) is 8.51. The summed E-state index contributed by atoms with van der Waals surface area (Å²) in [4.78, 5) is 14.8. The quantitative estimate of drug-likeness (QED) is 0.749. The fraction of sp³-hybridized carbons (Fsp3) is 0.556. The number of carboxylic acids is 1. The average molecular weight is 211 g/mol. The molecule has 0 amide bonds. The minimum atomic E-state index is -1.08. The smallest absolute Gasteiger partial charge is 0.374 e. The first-order chi connectivity index (χ1) is 7.16. The van der Waals surface area contributed by atoms with Crippen LogP contribution in [0, 0.1) is 0 Å². The molecule has 1 aliphatic rings. The van der Waals surface area contributed by atoms with Gasteiger partial charge < -0.3 is 19.4 Å². The van der Waals surface area contributed by atoms with E-state index in [1.807, 2.05) is 4.90 Å². The SMILES string of the molecule is CN1CCN(c2cc(C(=O)O)on2)CC1. The second kappa shape index (κ2) is 3.90. The second-order valence-corrected chi connectivity index (χ2v) is 3.64. The first-order valence-corrected chi connectivity index (χ1v) is 4.80. The van der Waals surface area contributed by atoms with Gasteiger partial charge in [-0.05, 0) is 7.05 Å². The predicted octanol–water partition coefficient (Wildman–Crippen LogP) is 0.125. The molecule has 2 rings (SSSR count). The van der Waals surface area contributed by atoms with Gasteiger partial charge in [0, 0.05) is 32.2 Å². The standard InChI is InChI=1S/C9H13N3O3/c1-11-2-4-12(5-3-11)8-6-7(9(13)14)15-10-8/h6H,2-5H2,1H3,(H,13,14). The number of nitrogens with zero attached hydrogens (tertiary/aromatic N) is 3. The molecule has 0 atom stereocenters. The summed E-state index contributed by atoms with van der Waals surface area (Å²) < 4.78 is 4.70. The molecule has 0 bridgehead atoms. The summed E-state index contributed by atoms with van der Waals surface area (Å²) in [7, 11) is 2.06. The number of hydrogen-bond donors (Lipinski definition) is 1. The number of piperazine rings is 1. The number of carboxylic acid groups (broad SMARTS) is 1. The van der Waals surface area contributed by atoms with E-state index < -0.39 is 5.97 Å². The van der Waals surface area contributed by atoms with Crippen LogP contribution in [0.1, 0.15) is 10.6 Å². The molecular formula is C9H13N3O3. The normalized spacial score (nSPS) is 18.1. The van der Waals surface area contributed by atoms with Crippen molar-refractivity contribution in [2.24, 2.45) is 0 Å². The third-order valence-corrected chi connectivity index (χ3v) is 2.54. The van der Waals surface area contributed by atoms with Gasteiger partial charge in [-0.25, -0.2) is 4.79 Å². The lowest BCUT2D eigenvalue weighted by Crippen LogP contribution is -2.44. The van der Waals surface area contributed by atoms with Gasteiger partial charge in [0.05, 0.1) is 0 Å². The lowest BCUT2D eigenvalue weighted by atomic mass is 10.3. The highest BCUT2D eigenvalue weighted by Crippen LogP contribution is 2.15. The lowest BCUT2D eigenvalue weighted by molar-refractivity contribution is 0.0652. The molecule has 0 unspecified atom stereocenters. The van der Waals surface area contributed by atoms with Crippen LogP contribution in [-0.4, -0.2) is 54.4 Å². The van der Waals surface area contributed by atoms with Crippen molar-refractivity contribution in [2.45, 2.75) is 0 Å². The molecule has 1 aromatic heterocycles. The Labute approximate surface area is 87.1 Å². The highest BCUT2D eigenvalue weighted by Gasteiger charge is 2.19. The third-order valence-electron chi connectivity index (χ3n) is 2.54. The Balaban J connectivity index is 2.06. The Morgan fingerprint density at radius 3 is 2.67 bits per heavy atom. The van der Waals surface area contributed by atoms with Gasteiger partial charge in [0.2, 0.25) is 5.76 Å². The molecule has 1 N–H and O–H groups in total. The molecule has 0 spiro atoms. The van der Waals surface area contributed by atoms with Crippen molar-refractivity contribution >= 4 is 11.8 Å². The van der Waals surface area contributed by atoms with Crippen LogP contribution in [0.3, 0.4) is 0 Å². The summed E-state index contributed by atoms with van der Waals surface area (Å²) in [5, 5.41) is 12.4. The van der Waals surface area contributed by atoms with E-state index in [2.05, 4.69) is 17.1 Å². The van der Waals surface area contributed by atoms with Crippen molar-refractivity contribution in [1.82, 2.24) is 10.1 Å². The molecule has 0 saturated carbocycles. The zero-order chi connectivity index (χ0) is 10.8. The van der Waals surface area contributed by atoms with Gasteiger partial charge in [-0.2, -0.15) is 0 Å². The van der Waals surface area contributed by atoms with E-state index in [-0.39, 0.29) is 5.76 Å². The molecule has 0 aromatic carbocycles. The van der Waals surface area contributed by atoms with E-state index in [0.717, 1.165) is 26.2 Å². The molecule has 1 saturated heterocycles. The monoisotopic (exact) mass is 211 g/mol. The fourth-order valence-electron chi connectivity index (χ4n) is 1.55. The predicted molar refractivity (Wildman–Crippen MR) is 53.2 cm³/mol. The van der Waals surface area contributed by atoms with Crippen molar-refractivity contribution in [3.05, 3.63) is 11.8 Å². The summed E-state index contributed by atoms with van der Waals surface area (Å²) in [6.07, 6.45) is 0. The van der Waals surface area contributed by atoms with Crippen LogP contribution in [0.2, 0.25) is 0 Å². The molecule has 1 fully saturated rings. The van der Waals surface area contributed by atoms with Crippen LogP contribution >= 0.6 is 0 Å². The van der Waals surface area contributed by atoms with Crippen LogP contribution < -0.4 is 4.90 Å². The molecule has 15 heavy (non-hydrogen) atoms. The van der Waals surface area contributed by atoms with Gasteiger partial charge in [0.1, 0.15) is 0 Å². The maximum absolute atomic E-state index is 10.6. The number of rotatable bonds is 2. The Hall–Kier alpha value is -1.56. The van der Waals surface area contributed by atoms with Crippen LogP contribution in [-0.2, 0) is 0 Å². The van der Waals surface area contributed by atoms with Crippen molar-refractivity contribution in [3.63, 3.8) is 0 Å². The number of anilines is 1. The van der Waals surface area contributed by atoms with E-state index in [9.17, 15) is 4.79 Å². The molecular weight excluding hydrogens is 198 g/mol.